The number of amides is 1. The predicted octanol–water partition coefficient (Wildman–Crippen LogP) is 4.52. The zero-order chi connectivity index (χ0) is 23.4. The largest absolute Gasteiger partial charge is 0.330 e. The van der Waals surface area contributed by atoms with Crippen molar-refractivity contribution in [2.45, 2.75) is 26.3 Å². The summed E-state index contributed by atoms with van der Waals surface area (Å²) in [5, 5.41) is 4.54. The molecule has 0 aliphatic carbocycles. The lowest BCUT2D eigenvalue weighted by atomic mass is 9.95. The van der Waals surface area contributed by atoms with Crippen LogP contribution in [0.4, 0.5) is 13.2 Å². The van der Waals surface area contributed by atoms with Gasteiger partial charge in [0.15, 0.2) is 17.5 Å². The Labute approximate surface area is 187 Å². The Morgan fingerprint density at radius 2 is 1.82 bits per heavy atom. The second-order valence-electron chi connectivity index (χ2n) is 8.23. The van der Waals surface area contributed by atoms with Crippen molar-refractivity contribution in [3.8, 4) is 11.3 Å². The number of aromatic nitrogens is 4. The van der Waals surface area contributed by atoms with Gasteiger partial charge in [0.1, 0.15) is 0 Å². The highest BCUT2D eigenvalue weighted by Crippen LogP contribution is 2.37. The number of benzene rings is 2. The molecule has 4 aromatic rings. The summed E-state index contributed by atoms with van der Waals surface area (Å²) in [7, 11) is 1.66. The van der Waals surface area contributed by atoms with Crippen LogP contribution >= 0.6 is 0 Å². The van der Waals surface area contributed by atoms with Crippen LogP contribution in [-0.2, 0) is 13.5 Å². The third kappa shape index (κ3) is 3.44. The molecule has 9 heteroatoms. The minimum absolute atomic E-state index is 0.163. The van der Waals surface area contributed by atoms with Gasteiger partial charge in [-0.2, -0.15) is 5.10 Å². The van der Waals surface area contributed by atoms with E-state index in [4.69, 9.17) is 0 Å². The van der Waals surface area contributed by atoms with Crippen LogP contribution in [0.2, 0.25) is 0 Å². The van der Waals surface area contributed by atoms with E-state index in [0.717, 1.165) is 23.4 Å². The van der Waals surface area contributed by atoms with Gasteiger partial charge in [-0.3, -0.25) is 14.5 Å². The molecule has 0 saturated carbocycles. The normalized spacial score (nSPS) is 15.7. The standard InChI is InChI=1S/C24H20F3N5O/c1-12-11-28-20-10-14(4-5-19(20)29-12)24(33)32-7-6-16-22(13(32)2)30-31(3)23(16)15-8-17(25)21(27)18(26)9-15/h4-5,8-11,13H,6-7H2,1-3H3. The molecule has 168 valence electrons. The molecule has 0 radical (unpaired) electrons. The van der Waals surface area contributed by atoms with E-state index in [0.29, 0.717) is 41.0 Å². The van der Waals surface area contributed by atoms with Gasteiger partial charge in [0.25, 0.3) is 5.91 Å². The lowest BCUT2D eigenvalue weighted by Gasteiger charge is -2.33. The first kappa shape index (κ1) is 21.1. The molecule has 0 spiro atoms. The number of carbonyl (C=O) groups excluding carboxylic acids is 1. The maximum atomic E-state index is 13.9. The third-order valence-corrected chi connectivity index (χ3v) is 6.07. The van der Waals surface area contributed by atoms with Crippen LogP contribution in [0.25, 0.3) is 22.3 Å². The van der Waals surface area contributed by atoms with Crippen LogP contribution in [0.3, 0.4) is 0 Å². The zero-order valence-corrected chi connectivity index (χ0v) is 18.2. The Balaban J connectivity index is 1.50. The van der Waals surface area contributed by atoms with Gasteiger partial charge in [-0.15, -0.1) is 0 Å². The van der Waals surface area contributed by atoms with Crippen molar-refractivity contribution in [3.05, 3.63) is 76.5 Å². The number of fused-ring (bicyclic) bond motifs is 2. The van der Waals surface area contributed by atoms with Crippen LogP contribution < -0.4 is 0 Å². The van der Waals surface area contributed by atoms with Crippen LogP contribution in [0.15, 0.2) is 36.5 Å². The summed E-state index contributed by atoms with van der Waals surface area (Å²) < 4.78 is 42.7. The summed E-state index contributed by atoms with van der Waals surface area (Å²) in [6.45, 7) is 4.12. The van der Waals surface area contributed by atoms with E-state index < -0.39 is 17.5 Å². The second kappa shape index (κ2) is 7.68. The van der Waals surface area contributed by atoms with Gasteiger partial charge in [-0.25, -0.2) is 18.2 Å². The van der Waals surface area contributed by atoms with Crippen LogP contribution in [0.1, 0.15) is 40.3 Å². The fraction of sp³-hybridized carbons (Fsp3) is 0.250. The summed E-state index contributed by atoms with van der Waals surface area (Å²) in [6.07, 6.45) is 2.10. The van der Waals surface area contributed by atoms with Gasteiger partial charge in [-0.1, -0.05) is 0 Å². The molecule has 1 unspecified atom stereocenters. The van der Waals surface area contributed by atoms with Crippen molar-refractivity contribution >= 4 is 16.9 Å². The Hall–Kier alpha value is -3.75. The topological polar surface area (TPSA) is 63.9 Å². The van der Waals surface area contributed by atoms with Crippen LogP contribution in [-0.4, -0.2) is 37.1 Å². The second-order valence-corrected chi connectivity index (χ2v) is 8.23. The molecule has 1 aliphatic heterocycles. The number of aryl methyl sites for hydroxylation is 2. The molecule has 33 heavy (non-hydrogen) atoms. The van der Waals surface area contributed by atoms with E-state index in [1.54, 1.807) is 36.3 Å². The van der Waals surface area contributed by atoms with E-state index in [2.05, 4.69) is 15.1 Å². The minimum Gasteiger partial charge on any atom is -0.330 e. The van der Waals surface area contributed by atoms with Crippen molar-refractivity contribution in [2.24, 2.45) is 7.05 Å². The van der Waals surface area contributed by atoms with E-state index in [1.807, 2.05) is 13.8 Å². The van der Waals surface area contributed by atoms with Gasteiger partial charge in [-0.05, 0) is 50.6 Å². The lowest BCUT2D eigenvalue weighted by Crippen LogP contribution is -2.38. The van der Waals surface area contributed by atoms with Crippen molar-refractivity contribution in [1.82, 2.24) is 24.6 Å². The quantitative estimate of drug-likeness (QED) is 0.421. The Bertz CT molecular complexity index is 1410. The SMILES string of the molecule is Cc1cnc2cc(C(=O)N3CCc4c(nn(C)c4-c4cc(F)c(F)c(F)c4)C3C)ccc2n1. The van der Waals surface area contributed by atoms with E-state index in [-0.39, 0.29) is 17.5 Å². The molecule has 0 N–H and O–H groups in total. The van der Waals surface area contributed by atoms with Crippen molar-refractivity contribution in [3.63, 3.8) is 0 Å². The molecule has 0 saturated heterocycles. The fourth-order valence-corrected chi connectivity index (χ4v) is 4.48. The molecule has 2 aromatic carbocycles. The Morgan fingerprint density at radius 1 is 1.09 bits per heavy atom. The number of rotatable bonds is 2. The Kier molecular flexibility index (Phi) is 4.92. The van der Waals surface area contributed by atoms with E-state index in [9.17, 15) is 18.0 Å². The lowest BCUT2D eigenvalue weighted by molar-refractivity contribution is 0.0674. The molecule has 0 fully saturated rings. The summed E-state index contributed by atoms with van der Waals surface area (Å²) in [5.74, 6) is -4.18. The molecule has 1 aliphatic rings. The predicted molar refractivity (Wildman–Crippen MR) is 116 cm³/mol. The molecule has 3 heterocycles. The number of nitrogens with zero attached hydrogens (tertiary/aromatic N) is 5. The number of carbonyl (C=O) groups is 1. The highest BCUT2D eigenvalue weighted by Gasteiger charge is 2.33. The zero-order valence-electron chi connectivity index (χ0n) is 18.2. The highest BCUT2D eigenvalue weighted by molar-refractivity contribution is 5.97. The fourth-order valence-electron chi connectivity index (χ4n) is 4.48. The molecular weight excluding hydrogens is 431 g/mol. The average Bonchev–Trinajstić information content (AvgIpc) is 3.13. The molecule has 6 nitrogen and oxygen atoms in total. The number of halogens is 3. The van der Waals surface area contributed by atoms with E-state index in [1.165, 1.54) is 4.68 Å². The van der Waals surface area contributed by atoms with Crippen molar-refractivity contribution < 1.29 is 18.0 Å². The summed E-state index contributed by atoms with van der Waals surface area (Å²) >= 11 is 0. The molecule has 2 aromatic heterocycles. The molecule has 0 bridgehead atoms. The van der Waals surface area contributed by atoms with Crippen molar-refractivity contribution in [1.29, 1.82) is 0 Å². The molecular formula is C24H20F3N5O. The average molecular weight is 451 g/mol. The van der Waals surface area contributed by atoms with Gasteiger partial charge in [0.05, 0.1) is 34.2 Å². The maximum absolute atomic E-state index is 13.9. The van der Waals surface area contributed by atoms with Gasteiger partial charge in [0, 0.05) is 36.5 Å². The molecule has 1 amide bonds. The number of hydrogen-bond donors (Lipinski definition) is 0. The minimum atomic E-state index is -1.50. The first-order valence-electron chi connectivity index (χ1n) is 10.5. The molecule has 1 atom stereocenters. The van der Waals surface area contributed by atoms with Crippen LogP contribution in [0, 0.1) is 24.4 Å². The summed E-state index contributed by atoms with van der Waals surface area (Å²) in [4.78, 5) is 23.8. The Morgan fingerprint density at radius 3 is 2.55 bits per heavy atom. The summed E-state index contributed by atoms with van der Waals surface area (Å²) in [5.41, 5.74) is 4.80. The molecule has 5 rings (SSSR count). The van der Waals surface area contributed by atoms with Crippen LogP contribution in [0.5, 0.6) is 0 Å². The van der Waals surface area contributed by atoms with Gasteiger partial charge >= 0.3 is 0 Å². The van der Waals surface area contributed by atoms with E-state index >= 15 is 0 Å². The third-order valence-electron chi connectivity index (χ3n) is 6.07. The monoisotopic (exact) mass is 451 g/mol. The summed E-state index contributed by atoms with van der Waals surface area (Å²) in [6, 6.07) is 6.80. The number of hydrogen-bond acceptors (Lipinski definition) is 4. The van der Waals surface area contributed by atoms with Gasteiger partial charge < -0.3 is 4.90 Å². The first-order chi connectivity index (χ1) is 15.7. The van der Waals surface area contributed by atoms with Gasteiger partial charge in [0.2, 0.25) is 0 Å². The highest BCUT2D eigenvalue weighted by atomic mass is 19.2. The first-order valence-corrected chi connectivity index (χ1v) is 10.5. The van der Waals surface area contributed by atoms with Crippen molar-refractivity contribution in [2.75, 3.05) is 6.54 Å². The smallest absolute Gasteiger partial charge is 0.254 e. The maximum Gasteiger partial charge on any atom is 0.254 e.